The standard InChI is InChI=1S/C10H10Cl5NO2/c1-4(2)18-7-5(11)8(10(13,14)15)16-9(17-3)6(7)12/h4H,1-3H3. The van der Waals surface area contributed by atoms with Gasteiger partial charge in [-0.1, -0.05) is 58.0 Å². The molecule has 1 heterocycles. The maximum absolute atomic E-state index is 6.09. The predicted octanol–water partition coefficient (Wildman–Crippen LogP) is 5.01. The number of halogens is 5. The van der Waals surface area contributed by atoms with Crippen molar-refractivity contribution in [1.29, 1.82) is 0 Å². The number of rotatable bonds is 3. The summed E-state index contributed by atoms with van der Waals surface area (Å²) in [5.41, 5.74) is 0.00562. The molecular weight excluding hydrogens is 343 g/mol. The second-order valence-corrected chi connectivity index (χ2v) is 6.63. The largest absolute Gasteiger partial charge is 0.488 e. The first-order valence-corrected chi connectivity index (χ1v) is 6.74. The van der Waals surface area contributed by atoms with Crippen LogP contribution in [0.25, 0.3) is 0 Å². The average Bonchev–Trinajstić information content (AvgIpc) is 2.22. The molecule has 0 atom stereocenters. The first-order valence-electron chi connectivity index (χ1n) is 4.85. The molecule has 8 heteroatoms. The maximum atomic E-state index is 6.09. The molecule has 0 saturated heterocycles. The fraction of sp³-hybridized carbons (Fsp3) is 0.500. The molecule has 0 radical (unpaired) electrons. The summed E-state index contributed by atoms with van der Waals surface area (Å²) in [5, 5.41) is 0.184. The first-order chi connectivity index (χ1) is 8.18. The smallest absolute Gasteiger partial charge is 0.236 e. The SMILES string of the molecule is COc1nc(C(Cl)(Cl)Cl)c(Cl)c(OC(C)C)c1Cl. The van der Waals surface area contributed by atoms with E-state index in [1.165, 1.54) is 7.11 Å². The van der Waals surface area contributed by atoms with Gasteiger partial charge in [0.15, 0.2) is 5.75 Å². The van der Waals surface area contributed by atoms with Gasteiger partial charge in [0.1, 0.15) is 15.7 Å². The molecule has 0 aliphatic rings. The molecule has 0 spiro atoms. The van der Waals surface area contributed by atoms with Crippen LogP contribution >= 0.6 is 58.0 Å². The highest BCUT2D eigenvalue weighted by Crippen LogP contribution is 2.48. The monoisotopic (exact) mass is 351 g/mol. The van der Waals surface area contributed by atoms with Gasteiger partial charge in [-0.3, -0.25) is 0 Å². The van der Waals surface area contributed by atoms with Gasteiger partial charge >= 0.3 is 0 Å². The molecule has 0 amide bonds. The number of ether oxygens (including phenoxy) is 2. The van der Waals surface area contributed by atoms with Gasteiger partial charge in [0.2, 0.25) is 9.67 Å². The Bertz CT molecular complexity index is 445. The van der Waals surface area contributed by atoms with Gasteiger partial charge in [0, 0.05) is 0 Å². The van der Waals surface area contributed by atoms with Crippen molar-refractivity contribution >= 4 is 58.0 Å². The highest BCUT2D eigenvalue weighted by molar-refractivity contribution is 6.67. The summed E-state index contributed by atoms with van der Waals surface area (Å²) in [6.07, 6.45) is -0.157. The van der Waals surface area contributed by atoms with E-state index in [2.05, 4.69) is 4.98 Å². The molecule has 0 unspecified atom stereocenters. The van der Waals surface area contributed by atoms with E-state index in [4.69, 9.17) is 67.5 Å². The fourth-order valence-corrected chi connectivity index (χ4v) is 2.35. The molecule has 1 aromatic rings. The van der Waals surface area contributed by atoms with Gasteiger partial charge in [0.05, 0.1) is 13.2 Å². The average molecular weight is 353 g/mol. The molecule has 102 valence electrons. The van der Waals surface area contributed by atoms with Crippen molar-refractivity contribution < 1.29 is 9.47 Å². The molecule has 0 aliphatic carbocycles. The van der Waals surface area contributed by atoms with E-state index in [1.54, 1.807) is 0 Å². The van der Waals surface area contributed by atoms with Crippen molar-refractivity contribution in [2.75, 3.05) is 7.11 Å². The van der Waals surface area contributed by atoms with Crippen molar-refractivity contribution in [3.63, 3.8) is 0 Å². The lowest BCUT2D eigenvalue weighted by Gasteiger charge is -2.19. The second kappa shape index (κ2) is 6.10. The number of alkyl halides is 3. The van der Waals surface area contributed by atoms with Crippen LogP contribution < -0.4 is 9.47 Å². The zero-order valence-electron chi connectivity index (χ0n) is 9.73. The molecule has 3 nitrogen and oxygen atoms in total. The van der Waals surface area contributed by atoms with Crippen LogP contribution in [0.1, 0.15) is 19.5 Å². The van der Waals surface area contributed by atoms with Gasteiger partial charge in [-0.15, -0.1) is 0 Å². The minimum absolute atomic E-state index is 0.00562. The molecule has 18 heavy (non-hydrogen) atoms. The van der Waals surface area contributed by atoms with E-state index >= 15 is 0 Å². The van der Waals surface area contributed by atoms with Crippen LogP contribution in [0.15, 0.2) is 0 Å². The minimum Gasteiger partial charge on any atom is -0.488 e. The third-order valence-electron chi connectivity index (χ3n) is 1.82. The zero-order valence-corrected chi connectivity index (χ0v) is 13.5. The van der Waals surface area contributed by atoms with E-state index in [-0.39, 0.29) is 33.5 Å². The lowest BCUT2D eigenvalue weighted by atomic mass is 10.3. The van der Waals surface area contributed by atoms with E-state index in [0.717, 1.165) is 0 Å². The van der Waals surface area contributed by atoms with Gasteiger partial charge in [0.25, 0.3) is 0 Å². The highest BCUT2D eigenvalue weighted by Gasteiger charge is 2.33. The van der Waals surface area contributed by atoms with Crippen molar-refractivity contribution in [3.05, 3.63) is 15.7 Å². The van der Waals surface area contributed by atoms with E-state index in [9.17, 15) is 0 Å². The summed E-state index contributed by atoms with van der Waals surface area (Å²) in [5.74, 6) is 0.263. The predicted molar refractivity (Wildman–Crippen MR) is 75.8 cm³/mol. The van der Waals surface area contributed by atoms with Crippen molar-refractivity contribution in [2.45, 2.75) is 23.7 Å². The Morgan fingerprint density at radius 3 is 2.06 bits per heavy atom. The molecule has 1 aromatic heterocycles. The van der Waals surface area contributed by atoms with Crippen molar-refractivity contribution in [2.24, 2.45) is 0 Å². The summed E-state index contributed by atoms with van der Waals surface area (Å²) in [7, 11) is 1.39. The van der Waals surface area contributed by atoms with E-state index < -0.39 is 3.79 Å². The molecule has 0 bridgehead atoms. The molecule has 0 aliphatic heterocycles. The molecule has 0 fully saturated rings. The Labute approximate surface area is 130 Å². The van der Waals surface area contributed by atoms with Crippen LogP contribution in [-0.2, 0) is 3.79 Å². The molecular formula is C10H10Cl5NO2. The Morgan fingerprint density at radius 2 is 1.67 bits per heavy atom. The normalized spacial score (nSPS) is 11.8. The van der Waals surface area contributed by atoms with Crippen LogP contribution in [-0.4, -0.2) is 18.2 Å². The number of hydrogen-bond acceptors (Lipinski definition) is 3. The first kappa shape index (κ1) is 16.3. The molecule has 0 aromatic carbocycles. The lowest BCUT2D eigenvalue weighted by Crippen LogP contribution is -2.12. The van der Waals surface area contributed by atoms with E-state index in [1.807, 2.05) is 13.8 Å². The van der Waals surface area contributed by atoms with Gasteiger partial charge in [-0.25, -0.2) is 4.98 Å². The second-order valence-electron chi connectivity index (χ2n) is 3.59. The third kappa shape index (κ3) is 3.61. The molecule has 1 rings (SSSR count). The number of aromatic nitrogens is 1. The van der Waals surface area contributed by atoms with E-state index in [0.29, 0.717) is 0 Å². The number of nitrogens with zero attached hydrogens (tertiary/aromatic N) is 1. The van der Waals surface area contributed by atoms with Crippen LogP contribution in [0, 0.1) is 0 Å². The Kier molecular flexibility index (Phi) is 5.51. The van der Waals surface area contributed by atoms with Crippen molar-refractivity contribution in [3.8, 4) is 11.6 Å². The number of hydrogen-bond donors (Lipinski definition) is 0. The number of methoxy groups -OCH3 is 1. The molecule has 0 saturated carbocycles. The van der Waals surface area contributed by atoms with Gasteiger partial charge in [-0.05, 0) is 13.8 Å². The van der Waals surface area contributed by atoms with Crippen LogP contribution in [0.4, 0.5) is 0 Å². The zero-order chi connectivity index (χ0) is 14.1. The number of pyridine rings is 1. The lowest BCUT2D eigenvalue weighted by molar-refractivity contribution is 0.240. The summed E-state index contributed by atoms with van der Waals surface area (Å²) in [4.78, 5) is 3.97. The Hall–Kier alpha value is 0.200. The van der Waals surface area contributed by atoms with Crippen LogP contribution in [0.3, 0.4) is 0 Å². The summed E-state index contributed by atoms with van der Waals surface area (Å²) >= 11 is 29.5. The fourth-order valence-electron chi connectivity index (χ4n) is 1.16. The third-order valence-corrected chi connectivity index (χ3v) is 3.04. The van der Waals surface area contributed by atoms with Crippen LogP contribution in [0.5, 0.6) is 11.6 Å². The quantitative estimate of drug-likeness (QED) is 0.716. The summed E-state index contributed by atoms with van der Waals surface area (Å²) < 4.78 is 8.69. The topological polar surface area (TPSA) is 31.4 Å². The Morgan fingerprint density at radius 1 is 1.11 bits per heavy atom. The van der Waals surface area contributed by atoms with Crippen molar-refractivity contribution in [1.82, 2.24) is 4.98 Å². The highest BCUT2D eigenvalue weighted by atomic mass is 35.6. The minimum atomic E-state index is -1.80. The summed E-state index contributed by atoms with van der Waals surface area (Å²) in [6, 6.07) is 0. The van der Waals surface area contributed by atoms with Gasteiger partial charge in [-0.2, -0.15) is 0 Å². The van der Waals surface area contributed by atoms with Crippen LogP contribution in [0.2, 0.25) is 10.0 Å². The molecule has 0 N–H and O–H groups in total. The maximum Gasteiger partial charge on any atom is 0.236 e. The van der Waals surface area contributed by atoms with Gasteiger partial charge < -0.3 is 9.47 Å². The summed E-state index contributed by atoms with van der Waals surface area (Å²) in [6.45, 7) is 3.63. The Balaban J connectivity index is 3.48.